The van der Waals surface area contributed by atoms with Gasteiger partial charge in [0.1, 0.15) is 19.0 Å². The highest BCUT2D eigenvalue weighted by molar-refractivity contribution is 7.22. The van der Waals surface area contributed by atoms with Gasteiger partial charge in [0, 0.05) is 18.3 Å². The van der Waals surface area contributed by atoms with Crippen molar-refractivity contribution in [1.29, 1.82) is 0 Å². The van der Waals surface area contributed by atoms with Gasteiger partial charge in [0.2, 0.25) is 0 Å². The number of rotatable bonds is 3. The molecular weight excluding hydrogens is 340 g/mol. The van der Waals surface area contributed by atoms with Crippen molar-refractivity contribution in [1.82, 2.24) is 15.0 Å². The maximum Gasteiger partial charge on any atom is 0.260 e. The second-order valence-electron chi connectivity index (χ2n) is 5.57. The van der Waals surface area contributed by atoms with Crippen LogP contribution in [-0.4, -0.2) is 34.1 Å². The number of fused-ring (bicyclic) bond motifs is 2. The molecule has 2 aromatic heterocycles. The van der Waals surface area contributed by atoms with Crippen LogP contribution in [0.4, 0.5) is 5.13 Å². The van der Waals surface area contributed by atoms with E-state index in [0.717, 1.165) is 15.9 Å². The summed E-state index contributed by atoms with van der Waals surface area (Å²) < 4.78 is 12.1. The minimum atomic E-state index is -0.256. The Bertz CT molecular complexity index is 927. The van der Waals surface area contributed by atoms with E-state index in [4.69, 9.17) is 9.47 Å². The smallest absolute Gasteiger partial charge is 0.260 e. The summed E-state index contributed by atoms with van der Waals surface area (Å²) in [4.78, 5) is 25.5. The number of hydrogen-bond donors (Lipinski definition) is 1. The van der Waals surface area contributed by atoms with Gasteiger partial charge in [-0.05, 0) is 13.3 Å². The van der Waals surface area contributed by atoms with E-state index in [-0.39, 0.29) is 5.91 Å². The van der Waals surface area contributed by atoms with Crippen molar-refractivity contribution >= 4 is 32.6 Å². The van der Waals surface area contributed by atoms with Gasteiger partial charge in [0.25, 0.3) is 5.91 Å². The molecule has 1 N–H and O–H groups in total. The molecule has 1 aliphatic rings. The SMILES string of the molecule is CCc1nc(C)ncc1C(=O)Nc1nc2cc3c(cc2s1)OCCO3. The molecule has 0 spiro atoms. The van der Waals surface area contributed by atoms with Crippen LogP contribution in [0.25, 0.3) is 10.2 Å². The Kier molecular flexibility index (Phi) is 3.96. The third-order valence-corrected chi connectivity index (χ3v) is 4.77. The predicted molar refractivity (Wildman–Crippen MR) is 94.7 cm³/mol. The highest BCUT2D eigenvalue weighted by Gasteiger charge is 2.18. The molecule has 1 aromatic carbocycles. The van der Waals surface area contributed by atoms with Crippen LogP contribution in [0.1, 0.15) is 28.8 Å². The molecule has 0 unspecified atom stereocenters. The lowest BCUT2D eigenvalue weighted by molar-refractivity contribution is 0.102. The number of carbonyl (C=O) groups excluding carboxylic acids is 1. The van der Waals surface area contributed by atoms with E-state index in [0.29, 0.717) is 47.7 Å². The third-order valence-electron chi connectivity index (χ3n) is 3.84. The number of aromatic nitrogens is 3. The largest absolute Gasteiger partial charge is 0.486 e. The lowest BCUT2D eigenvalue weighted by Gasteiger charge is -2.17. The topological polar surface area (TPSA) is 86.2 Å². The number of aryl methyl sites for hydroxylation is 2. The predicted octanol–water partition coefficient (Wildman–Crippen LogP) is 2.98. The fraction of sp³-hybridized carbons (Fsp3) is 0.294. The van der Waals surface area contributed by atoms with E-state index < -0.39 is 0 Å². The zero-order chi connectivity index (χ0) is 17.4. The van der Waals surface area contributed by atoms with Gasteiger partial charge in [-0.2, -0.15) is 0 Å². The van der Waals surface area contributed by atoms with Crippen LogP contribution >= 0.6 is 11.3 Å². The van der Waals surface area contributed by atoms with Gasteiger partial charge in [-0.3, -0.25) is 10.1 Å². The molecule has 128 valence electrons. The number of hydrogen-bond acceptors (Lipinski definition) is 7. The van der Waals surface area contributed by atoms with Gasteiger partial charge in [0.05, 0.1) is 21.5 Å². The van der Waals surface area contributed by atoms with Crippen LogP contribution in [-0.2, 0) is 6.42 Å². The van der Waals surface area contributed by atoms with Crippen LogP contribution in [0.3, 0.4) is 0 Å². The molecule has 1 aliphatic heterocycles. The average Bonchev–Trinajstić information content (AvgIpc) is 3.00. The molecule has 0 saturated carbocycles. The molecule has 0 saturated heterocycles. The highest BCUT2D eigenvalue weighted by Crippen LogP contribution is 2.37. The van der Waals surface area contributed by atoms with Crippen molar-refractivity contribution in [3.8, 4) is 11.5 Å². The second kappa shape index (κ2) is 6.29. The van der Waals surface area contributed by atoms with Crippen molar-refractivity contribution in [3.05, 3.63) is 35.4 Å². The monoisotopic (exact) mass is 356 g/mol. The molecule has 0 bridgehead atoms. The summed E-state index contributed by atoms with van der Waals surface area (Å²) in [5.41, 5.74) is 1.96. The minimum Gasteiger partial charge on any atom is -0.486 e. The van der Waals surface area contributed by atoms with E-state index in [1.807, 2.05) is 19.1 Å². The van der Waals surface area contributed by atoms with Crippen molar-refractivity contribution in [2.75, 3.05) is 18.5 Å². The summed E-state index contributed by atoms with van der Waals surface area (Å²) in [6, 6.07) is 3.73. The minimum absolute atomic E-state index is 0.256. The van der Waals surface area contributed by atoms with Gasteiger partial charge in [-0.1, -0.05) is 18.3 Å². The van der Waals surface area contributed by atoms with E-state index in [1.54, 1.807) is 13.1 Å². The fourth-order valence-electron chi connectivity index (χ4n) is 2.66. The number of amides is 1. The van der Waals surface area contributed by atoms with E-state index in [9.17, 15) is 4.79 Å². The maximum absolute atomic E-state index is 12.6. The zero-order valence-electron chi connectivity index (χ0n) is 13.8. The standard InChI is InChI=1S/C17H16N4O3S/c1-3-11-10(8-18-9(2)19-11)16(22)21-17-20-12-6-13-14(7-15(12)25-17)24-5-4-23-13/h6-8H,3-5H2,1-2H3,(H,20,21,22). The van der Waals surface area contributed by atoms with Gasteiger partial charge >= 0.3 is 0 Å². The van der Waals surface area contributed by atoms with Crippen molar-refractivity contribution in [3.63, 3.8) is 0 Å². The fourth-order valence-corrected chi connectivity index (χ4v) is 3.53. The van der Waals surface area contributed by atoms with E-state index in [2.05, 4.69) is 20.3 Å². The van der Waals surface area contributed by atoms with E-state index >= 15 is 0 Å². The number of nitrogens with zero attached hydrogens (tertiary/aromatic N) is 3. The molecule has 4 rings (SSSR count). The second-order valence-corrected chi connectivity index (χ2v) is 6.60. The Morgan fingerprint density at radius 1 is 1.24 bits per heavy atom. The normalized spacial score (nSPS) is 13.0. The Morgan fingerprint density at radius 3 is 2.76 bits per heavy atom. The summed E-state index contributed by atoms with van der Waals surface area (Å²) in [6.45, 7) is 4.83. The van der Waals surface area contributed by atoms with Crippen molar-refractivity contribution < 1.29 is 14.3 Å². The number of nitrogens with one attached hydrogen (secondary N) is 1. The number of ether oxygens (including phenoxy) is 2. The average molecular weight is 356 g/mol. The summed E-state index contributed by atoms with van der Waals surface area (Å²) in [6.07, 6.45) is 2.22. The van der Waals surface area contributed by atoms with Crippen LogP contribution < -0.4 is 14.8 Å². The first-order valence-electron chi connectivity index (χ1n) is 7.98. The Morgan fingerprint density at radius 2 is 2.00 bits per heavy atom. The molecule has 0 atom stereocenters. The number of thiazole rings is 1. The molecule has 3 heterocycles. The number of anilines is 1. The van der Waals surface area contributed by atoms with Crippen LogP contribution in [0.15, 0.2) is 18.3 Å². The molecule has 7 nitrogen and oxygen atoms in total. The first-order valence-corrected chi connectivity index (χ1v) is 8.79. The third kappa shape index (κ3) is 3.00. The molecule has 0 fully saturated rings. The molecule has 3 aromatic rings. The van der Waals surface area contributed by atoms with Crippen LogP contribution in [0, 0.1) is 6.92 Å². The highest BCUT2D eigenvalue weighted by atomic mass is 32.1. The summed E-state index contributed by atoms with van der Waals surface area (Å²) >= 11 is 1.39. The van der Waals surface area contributed by atoms with Gasteiger partial charge in [-0.15, -0.1) is 0 Å². The number of benzene rings is 1. The Balaban J connectivity index is 1.63. The molecule has 0 aliphatic carbocycles. The van der Waals surface area contributed by atoms with E-state index in [1.165, 1.54) is 11.3 Å². The van der Waals surface area contributed by atoms with Gasteiger partial charge in [0.15, 0.2) is 16.6 Å². The summed E-state index contributed by atoms with van der Waals surface area (Å²) in [5, 5.41) is 3.36. The Labute approximate surface area is 148 Å². The molecule has 8 heteroatoms. The molecular formula is C17H16N4O3S. The first kappa shape index (κ1) is 15.8. The molecule has 1 amide bonds. The van der Waals surface area contributed by atoms with Crippen molar-refractivity contribution in [2.45, 2.75) is 20.3 Å². The number of carbonyl (C=O) groups is 1. The maximum atomic E-state index is 12.6. The van der Waals surface area contributed by atoms with Crippen LogP contribution in [0.5, 0.6) is 11.5 Å². The van der Waals surface area contributed by atoms with Crippen LogP contribution in [0.2, 0.25) is 0 Å². The lowest BCUT2D eigenvalue weighted by atomic mass is 10.2. The molecule has 25 heavy (non-hydrogen) atoms. The quantitative estimate of drug-likeness (QED) is 0.776. The lowest BCUT2D eigenvalue weighted by Crippen LogP contribution is -2.16. The van der Waals surface area contributed by atoms with Gasteiger partial charge in [-0.25, -0.2) is 15.0 Å². The summed E-state index contributed by atoms with van der Waals surface area (Å²) in [5.74, 6) is 1.79. The molecule has 0 radical (unpaired) electrons. The van der Waals surface area contributed by atoms with Crippen molar-refractivity contribution in [2.24, 2.45) is 0 Å². The zero-order valence-corrected chi connectivity index (χ0v) is 14.6. The Hall–Kier alpha value is -2.74. The summed E-state index contributed by atoms with van der Waals surface area (Å²) in [7, 11) is 0. The first-order chi connectivity index (χ1) is 12.1. The van der Waals surface area contributed by atoms with Gasteiger partial charge < -0.3 is 9.47 Å².